The second kappa shape index (κ2) is 6.27. The summed E-state index contributed by atoms with van der Waals surface area (Å²) in [4.78, 5) is 29.6. The summed E-state index contributed by atoms with van der Waals surface area (Å²) < 4.78 is 18.2. The molecule has 1 aromatic heterocycles. The minimum atomic E-state index is -1.02. The lowest BCUT2D eigenvalue weighted by Crippen LogP contribution is -2.06. The van der Waals surface area contributed by atoms with Crippen molar-refractivity contribution >= 4 is 23.4 Å². The molecule has 1 aromatic carbocycles. The lowest BCUT2D eigenvalue weighted by molar-refractivity contribution is -0.387. The Morgan fingerprint density at radius 3 is 2.76 bits per heavy atom. The number of nitrogens with zero attached hydrogens (tertiary/aromatic N) is 3. The number of aromatic nitrogens is 2. The maximum atomic E-state index is 13.7. The van der Waals surface area contributed by atoms with Gasteiger partial charge in [0.2, 0.25) is 0 Å². The smallest absolute Gasteiger partial charge is 0.340 e. The summed E-state index contributed by atoms with van der Waals surface area (Å²) in [5.41, 5.74) is -0.842. The van der Waals surface area contributed by atoms with E-state index in [4.69, 9.17) is 0 Å². The van der Waals surface area contributed by atoms with E-state index in [2.05, 4.69) is 14.7 Å². The Kier molecular flexibility index (Phi) is 4.43. The van der Waals surface area contributed by atoms with Crippen molar-refractivity contribution < 1.29 is 18.8 Å². The molecule has 0 atom stereocenters. The zero-order valence-electron chi connectivity index (χ0n) is 10.6. The first-order chi connectivity index (χ1) is 10.0. The molecule has 7 nitrogen and oxygen atoms in total. The van der Waals surface area contributed by atoms with Crippen molar-refractivity contribution in [2.75, 3.05) is 7.11 Å². The van der Waals surface area contributed by atoms with Gasteiger partial charge in [-0.1, -0.05) is 11.8 Å². The molecule has 108 valence electrons. The van der Waals surface area contributed by atoms with E-state index in [1.807, 2.05) is 0 Å². The number of nitro benzene ring substituents is 1. The molecule has 0 saturated heterocycles. The first-order valence-corrected chi connectivity index (χ1v) is 6.34. The lowest BCUT2D eigenvalue weighted by Gasteiger charge is -2.06. The number of halogens is 1. The summed E-state index contributed by atoms with van der Waals surface area (Å²) in [5.74, 6) is -1.93. The van der Waals surface area contributed by atoms with Crippen LogP contribution in [0.2, 0.25) is 0 Å². The Morgan fingerprint density at radius 1 is 1.43 bits per heavy atom. The van der Waals surface area contributed by atoms with E-state index in [0.29, 0.717) is 11.1 Å². The second-order valence-electron chi connectivity index (χ2n) is 3.69. The van der Waals surface area contributed by atoms with E-state index in [-0.39, 0.29) is 10.5 Å². The van der Waals surface area contributed by atoms with E-state index in [9.17, 15) is 19.3 Å². The highest BCUT2D eigenvalue weighted by atomic mass is 32.2. The molecule has 2 rings (SSSR count). The maximum absolute atomic E-state index is 13.7. The lowest BCUT2D eigenvalue weighted by atomic mass is 10.2. The Balaban J connectivity index is 2.51. The van der Waals surface area contributed by atoms with Gasteiger partial charge >= 0.3 is 5.97 Å². The minimum Gasteiger partial charge on any atom is -0.465 e. The molecular weight excluding hydrogens is 301 g/mol. The van der Waals surface area contributed by atoms with Crippen LogP contribution < -0.4 is 0 Å². The van der Waals surface area contributed by atoms with Crippen LogP contribution in [0.15, 0.2) is 40.6 Å². The predicted octanol–water partition coefficient (Wildman–Crippen LogP) is 2.46. The highest BCUT2D eigenvalue weighted by Gasteiger charge is 2.23. The molecule has 2 aromatic rings. The number of carbonyl (C=O) groups excluding carboxylic acids is 1. The fourth-order valence-corrected chi connectivity index (χ4v) is 2.35. The van der Waals surface area contributed by atoms with Crippen LogP contribution in [0.1, 0.15) is 10.4 Å². The van der Waals surface area contributed by atoms with Gasteiger partial charge in [0.1, 0.15) is 10.8 Å². The van der Waals surface area contributed by atoms with Crippen LogP contribution in [0.25, 0.3) is 0 Å². The summed E-state index contributed by atoms with van der Waals surface area (Å²) in [6, 6.07) is 1.75. The number of rotatable bonds is 4. The van der Waals surface area contributed by atoms with Crippen molar-refractivity contribution in [3.63, 3.8) is 0 Å². The van der Waals surface area contributed by atoms with E-state index in [1.54, 1.807) is 0 Å². The maximum Gasteiger partial charge on any atom is 0.340 e. The van der Waals surface area contributed by atoms with Gasteiger partial charge in [-0.3, -0.25) is 15.1 Å². The van der Waals surface area contributed by atoms with Crippen molar-refractivity contribution in [2.24, 2.45) is 0 Å². The molecule has 0 unspecified atom stereocenters. The molecule has 0 radical (unpaired) electrons. The van der Waals surface area contributed by atoms with Gasteiger partial charge in [-0.25, -0.2) is 14.2 Å². The van der Waals surface area contributed by atoms with Gasteiger partial charge in [0.15, 0.2) is 0 Å². The normalized spacial score (nSPS) is 10.2. The van der Waals surface area contributed by atoms with Gasteiger partial charge in [0, 0.05) is 12.4 Å². The predicted molar refractivity (Wildman–Crippen MR) is 70.5 cm³/mol. The molecular formula is C12H8FN3O4S. The first kappa shape index (κ1) is 14.9. The molecule has 0 amide bonds. The molecule has 0 aliphatic rings. The van der Waals surface area contributed by atoms with Gasteiger partial charge in [-0.15, -0.1) is 0 Å². The Morgan fingerprint density at radius 2 is 2.19 bits per heavy atom. The van der Waals surface area contributed by atoms with Crippen molar-refractivity contribution in [1.82, 2.24) is 9.97 Å². The Labute approximate surface area is 122 Å². The van der Waals surface area contributed by atoms with Crippen LogP contribution in [0.3, 0.4) is 0 Å². The number of hydrogen-bond acceptors (Lipinski definition) is 7. The average molecular weight is 309 g/mol. The number of carbonyl (C=O) groups is 1. The van der Waals surface area contributed by atoms with Crippen LogP contribution in [0, 0.1) is 15.9 Å². The molecule has 0 aliphatic carbocycles. The number of ether oxygens (including phenoxy) is 1. The first-order valence-electron chi connectivity index (χ1n) is 5.53. The van der Waals surface area contributed by atoms with E-state index < -0.39 is 22.4 Å². The van der Waals surface area contributed by atoms with Crippen molar-refractivity contribution in [2.45, 2.75) is 9.92 Å². The third kappa shape index (κ3) is 3.31. The Hall–Kier alpha value is -2.55. The number of nitro groups is 1. The van der Waals surface area contributed by atoms with Crippen LogP contribution in [0.5, 0.6) is 0 Å². The van der Waals surface area contributed by atoms with Crippen molar-refractivity contribution in [1.29, 1.82) is 0 Å². The van der Waals surface area contributed by atoms with E-state index in [1.165, 1.54) is 18.6 Å². The number of hydrogen-bond donors (Lipinski definition) is 0. The summed E-state index contributed by atoms with van der Waals surface area (Å²) in [6.07, 6.45) is 4.26. The van der Waals surface area contributed by atoms with Crippen LogP contribution in [-0.2, 0) is 4.74 Å². The minimum absolute atomic E-state index is 0.0716. The fourth-order valence-electron chi connectivity index (χ4n) is 1.48. The molecule has 0 spiro atoms. The second-order valence-corrected chi connectivity index (χ2v) is 4.76. The SMILES string of the molecule is COC(=O)c1cc(Sc2cnccn2)c([N+](=O)[O-])cc1F. The van der Waals surface area contributed by atoms with Crippen LogP contribution in [0.4, 0.5) is 10.1 Å². The number of methoxy groups -OCH3 is 1. The van der Waals surface area contributed by atoms with Crippen molar-refractivity contribution in [3.8, 4) is 0 Å². The molecule has 0 aliphatic heterocycles. The van der Waals surface area contributed by atoms with Crippen molar-refractivity contribution in [3.05, 3.63) is 52.2 Å². The topological polar surface area (TPSA) is 95.2 Å². The average Bonchev–Trinajstić information content (AvgIpc) is 2.48. The van der Waals surface area contributed by atoms with E-state index in [0.717, 1.165) is 24.9 Å². The molecule has 9 heteroatoms. The molecule has 1 heterocycles. The summed E-state index contributed by atoms with van der Waals surface area (Å²) in [7, 11) is 1.10. The summed E-state index contributed by atoms with van der Waals surface area (Å²) in [6.45, 7) is 0. The van der Waals surface area contributed by atoms with E-state index >= 15 is 0 Å². The largest absolute Gasteiger partial charge is 0.465 e. The molecule has 0 saturated carbocycles. The monoisotopic (exact) mass is 309 g/mol. The third-order valence-corrected chi connectivity index (χ3v) is 3.37. The molecule has 0 fully saturated rings. The summed E-state index contributed by atoms with van der Waals surface area (Å²) >= 11 is 0.904. The van der Waals surface area contributed by atoms with Gasteiger partial charge in [0.25, 0.3) is 5.69 Å². The summed E-state index contributed by atoms with van der Waals surface area (Å²) in [5, 5.41) is 11.4. The van der Waals surface area contributed by atoms with Crippen LogP contribution in [-0.4, -0.2) is 28.0 Å². The van der Waals surface area contributed by atoms with Crippen LogP contribution >= 0.6 is 11.8 Å². The van der Waals surface area contributed by atoms with Gasteiger partial charge in [0.05, 0.1) is 34.8 Å². The highest BCUT2D eigenvalue weighted by molar-refractivity contribution is 7.99. The third-order valence-electron chi connectivity index (χ3n) is 2.40. The standard InChI is InChI=1S/C12H8FN3O4S/c1-20-12(17)7-4-10(9(16(18)19)5-8(7)13)21-11-6-14-2-3-15-11/h2-6H,1H3. The fraction of sp³-hybridized carbons (Fsp3) is 0.0833. The number of benzene rings is 1. The van der Waals surface area contributed by atoms with Gasteiger partial charge in [-0.2, -0.15) is 0 Å². The Bertz CT molecular complexity index is 696. The molecule has 21 heavy (non-hydrogen) atoms. The highest BCUT2D eigenvalue weighted by Crippen LogP contribution is 2.35. The molecule has 0 bridgehead atoms. The quantitative estimate of drug-likeness (QED) is 0.486. The zero-order valence-corrected chi connectivity index (χ0v) is 11.5. The van der Waals surface area contributed by atoms with Gasteiger partial charge < -0.3 is 4.74 Å². The number of esters is 1. The zero-order chi connectivity index (χ0) is 15.4. The van der Waals surface area contributed by atoms with Gasteiger partial charge in [-0.05, 0) is 6.07 Å². The molecule has 0 N–H and O–H groups in total.